The lowest BCUT2D eigenvalue weighted by atomic mass is 10.3. The monoisotopic (exact) mass is 210 g/mol. The van der Waals surface area contributed by atoms with Gasteiger partial charge in [-0.15, -0.1) is 5.10 Å². The first kappa shape index (κ1) is 10.6. The van der Waals surface area contributed by atoms with E-state index in [4.69, 9.17) is 10.5 Å². The van der Waals surface area contributed by atoms with Gasteiger partial charge in [0.2, 0.25) is 0 Å². The highest BCUT2D eigenvalue weighted by Crippen LogP contribution is 2.20. The first-order valence-corrected chi connectivity index (χ1v) is 5.59. The van der Waals surface area contributed by atoms with Crippen molar-refractivity contribution in [1.29, 1.82) is 0 Å². The maximum Gasteiger partial charge on any atom is 0.0962 e. The van der Waals surface area contributed by atoms with Crippen molar-refractivity contribution in [2.24, 2.45) is 5.73 Å². The van der Waals surface area contributed by atoms with Gasteiger partial charge in [0.05, 0.1) is 24.9 Å². The van der Waals surface area contributed by atoms with Gasteiger partial charge in [0.15, 0.2) is 0 Å². The van der Waals surface area contributed by atoms with Crippen LogP contribution in [0.2, 0.25) is 0 Å². The second kappa shape index (κ2) is 5.23. The zero-order valence-electron chi connectivity index (χ0n) is 8.93. The van der Waals surface area contributed by atoms with Crippen LogP contribution in [0.4, 0.5) is 0 Å². The first-order chi connectivity index (χ1) is 7.38. The van der Waals surface area contributed by atoms with Crippen LogP contribution in [0.15, 0.2) is 6.20 Å². The zero-order valence-corrected chi connectivity index (χ0v) is 8.93. The summed E-state index contributed by atoms with van der Waals surface area (Å²) >= 11 is 0. The third kappa shape index (κ3) is 3.00. The lowest BCUT2D eigenvalue weighted by Crippen LogP contribution is -2.13. The van der Waals surface area contributed by atoms with Crippen LogP contribution in [0.5, 0.6) is 0 Å². The molecule has 15 heavy (non-hydrogen) atoms. The summed E-state index contributed by atoms with van der Waals surface area (Å²) in [5.74, 6) is 0. The van der Waals surface area contributed by atoms with Crippen LogP contribution in [0.1, 0.15) is 31.4 Å². The number of nitrogens with two attached hydrogens (primary N) is 1. The molecule has 0 saturated heterocycles. The summed E-state index contributed by atoms with van der Waals surface area (Å²) in [6.45, 7) is 1.94. The number of rotatable bonds is 5. The third-order valence-electron chi connectivity index (χ3n) is 2.77. The van der Waals surface area contributed by atoms with Crippen LogP contribution in [0.3, 0.4) is 0 Å². The molecule has 0 atom stereocenters. The molecule has 0 radical (unpaired) electrons. The van der Waals surface area contributed by atoms with E-state index in [0.29, 0.717) is 12.6 Å². The van der Waals surface area contributed by atoms with Gasteiger partial charge in [0.25, 0.3) is 0 Å². The molecular formula is C10H18N4O. The van der Waals surface area contributed by atoms with Gasteiger partial charge >= 0.3 is 0 Å². The van der Waals surface area contributed by atoms with E-state index in [1.54, 1.807) is 4.68 Å². The molecule has 1 saturated carbocycles. The fourth-order valence-electron chi connectivity index (χ4n) is 1.91. The van der Waals surface area contributed by atoms with Crippen molar-refractivity contribution in [3.63, 3.8) is 0 Å². The number of aromatic nitrogens is 3. The molecule has 0 unspecified atom stereocenters. The lowest BCUT2D eigenvalue weighted by Gasteiger charge is -2.10. The second-order valence-corrected chi connectivity index (χ2v) is 3.95. The molecule has 0 bridgehead atoms. The fourth-order valence-corrected chi connectivity index (χ4v) is 1.91. The Labute approximate surface area is 89.6 Å². The van der Waals surface area contributed by atoms with Crippen molar-refractivity contribution in [2.45, 2.75) is 44.9 Å². The summed E-state index contributed by atoms with van der Waals surface area (Å²) in [6.07, 6.45) is 7.40. The predicted molar refractivity (Wildman–Crippen MR) is 56.1 cm³/mol. The Morgan fingerprint density at radius 3 is 2.93 bits per heavy atom. The average molecular weight is 210 g/mol. The van der Waals surface area contributed by atoms with Crippen molar-refractivity contribution in [3.8, 4) is 0 Å². The van der Waals surface area contributed by atoms with Gasteiger partial charge in [-0.1, -0.05) is 18.1 Å². The van der Waals surface area contributed by atoms with Crippen LogP contribution in [-0.4, -0.2) is 27.7 Å². The van der Waals surface area contributed by atoms with E-state index in [1.807, 2.05) is 6.20 Å². The molecule has 0 aromatic carbocycles. The smallest absolute Gasteiger partial charge is 0.0962 e. The molecule has 1 fully saturated rings. The number of nitrogens with zero attached hydrogens (tertiary/aromatic N) is 3. The van der Waals surface area contributed by atoms with Crippen LogP contribution in [0, 0.1) is 0 Å². The molecule has 2 rings (SSSR count). The first-order valence-electron chi connectivity index (χ1n) is 5.59. The minimum Gasteiger partial charge on any atom is -0.376 e. The van der Waals surface area contributed by atoms with Crippen LogP contribution in [0.25, 0.3) is 0 Å². The minimum absolute atomic E-state index is 0.448. The van der Waals surface area contributed by atoms with Crippen molar-refractivity contribution < 1.29 is 4.74 Å². The highest BCUT2D eigenvalue weighted by atomic mass is 16.5. The topological polar surface area (TPSA) is 66.0 Å². The molecule has 5 nitrogen and oxygen atoms in total. The molecule has 5 heteroatoms. The molecule has 1 aromatic rings. The van der Waals surface area contributed by atoms with Gasteiger partial charge in [0.1, 0.15) is 0 Å². The van der Waals surface area contributed by atoms with E-state index >= 15 is 0 Å². The average Bonchev–Trinajstić information content (AvgIpc) is 2.88. The Morgan fingerprint density at radius 1 is 1.47 bits per heavy atom. The molecule has 2 N–H and O–H groups in total. The summed E-state index contributed by atoms with van der Waals surface area (Å²) in [6, 6.07) is 0. The van der Waals surface area contributed by atoms with Crippen molar-refractivity contribution in [3.05, 3.63) is 11.9 Å². The third-order valence-corrected chi connectivity index (χ3v) is 2.77. The van der Waals surface area contributed by atoms with E-state index in [1.165, 1.54) is 25.7 Å². The maximum atomic E-state index is 5.73. The minimum atomic E-state index is 0.448. The van der Waals surface area contributed by atoms with E-state index in [-0.39, 0.29) is 0 Å². The fraction of sp³-hybridized carbons (Fsp3) is 0.800. The van der Waals surface area contributed by atoms with E-state index in [2.05, 4.69) is 10.3 Å². The lowest BCUT2D eigenvalue weighted by molar-refractivity contribution is 0.0512. The molecule has 84 valence electrons. The van der Waals surface area contributed by atoms with Crippen molar-refractivity contribution in [1.82, 2.24) is 15.0 Å². The van der Waals surface area contributed by atoms with E-state index < -0.39 is 0 Å². The van der Waals surface area contributed by atoms with Crippen molar-refractivity contribution in [2.75, 3.05) is 6.61 Å². The van der Waals surface area contributed by atoms with Crippen LogP contribution < -0.4 is 5.73 Å². The molecule has 1 aromatic heterocycles. The van der Waals surface area contributed by atoms with E-state index in [0.717, 1.165) is 18.8 Å². The van der Waals surface area contributed by atoms with Crippen LogP contribution >= 0.6 is 0 Å². The normalized spacial score (nSPS) is 17.4. The highest BCUT2D eigenvalue weighted by molar-refractivity contribution is 4.90. The summed E-state index contributed by atoms with van der Waals surface area (Å²) in [5.41, 5.74) is 6.27. The highest BCUT2D eigenvalue weighted by Gasteiger charge is 2.14. The molecule has 1 aliphatic carbocycles. The van der Waals surface area contributed by atoms with Gasteiger partial charge in [-0.05, 0) is 12.8 Å². The molecule has 0 aliphatic heterocycles. The maximum absolute atomic E-state index is 5.73. The summed E-state index contributed by atoms with van der Waals surface area (Å²) < 4.78 is 7.52. The van der Waals surface area contributed by atoms with E-state index in [9.17, 15) is 0 Å². The summed E-state index contributed by atoms with van der Waals surface area (Å²) in [7, 11) is 0. The predicted octanol–water partition coefficient (Wildman–Crippen LogP) is 0.696. The second-order valence-electron chi connectivity index (χ2n) is 3.95. The van der Waals surface area contributed by atoms with Gasteiger partial charge in [-0.25, -0.2) is 4.68 Å². The standard InChI is InChI=1S/C10H18N4O/c11-7-9-8-14(13-12-9)5-6-15-10-3-1-2-4-10/h8,10H,1-7,11H2. The van der Waals surface area contributed by atoms with Gasteiger partial charge in [0, 0.05) is 12.7 Å². The Hall–Kier alpha value is -0.940. The number of ether oxygens (including phenoxy) is 1. The Morgan fingerprint density at radius 2 is 2.27 bits per heavy atom. The number of hydrogen-bond acceptors (Lipinski definition) is 4. The largest absolute Gasteiger partial charge is 0.376 e. The van der Waals surface area contributed by atoms with Crippen LogP contribution in [-0.2, 0) is 17.8 Å². The number of hydrogen-bond donors (Lipinski definition) is 1. The quantitative estimate of drug-likeness (QED) is 0.776. The molecule has 0 spiro atoms. The molecule has 0 amide bonds. The summed E-state index contributed by atoms with van der Waals surface area (Å²) in [5, 5.41) is 7.88. The zero-order chi connectivity index (χ0) is 10.5. The van der Waals surface area contributed by atoms with Gasteiger partial charge in [-0.2, -0.15) is 0 Å². The summed E-state index contributed by atoms with van der Waals surface area (Å²) in [4.78, 5) is 0. The molecule has 1 aliphatic rings. The van der Waals surface area contributed by atoms with Crippen molar-refractivity contribution >= 4 is 0 Å². The molecular weight excluding hydrogens is 192 g/mol. The molecule has 1 heterocycles. The van der Waals surface area contributed by atoms with Gasteiger partial charge < -0.3 is 10.5 Å². The SMILES string of the molecule is NCc1cn(CCOC2CCCC2)nn1. The Balaban J connectivity index is 1.68. The Bertz CT molecular complexity index is 293. The van der Waals surface area contributed by atoms with Gasteiger partial charge in [-0.3, -0.25) is 0 Å². The Kier molecular flexibility index (Phi) is 3.69.